The van der Waals surface area contributed by atoms with Crippen LogP contribution in [0.1, 0.15) is 24.5 Å². The standard InChI is InChI=1S/C21H23FN2O3/c1-25-18-4-2-3-5-19(18)26-13-12-24-10-8-15(9-11-24)21-17-7-6-16(22)14-20(17)27-23-21/h2-7,14-15H,8-13H2,1H3. The second kappa shape index (κ2) is 7.96. The van der Waals surface area contributed by atoms with Crippen LogP contribution in [0.25, 0.3) is 11.0 Å². The van der Waals surface area contributed by atoms with E-state index >= 15 is 0 Å². The fourth-order valence-electron chi connectivity index (χ4n) is 3.68. The Morgan fingerprint density at radius 1 is 1.15 bits per heavy atom. The third-order valence-corrected chi connectivity index (χ3v) is 5.17. The lowest BCUT2D eigenvalue weighted by atomic mass is 9.91. The Hall–Kier alpha value is -2.60. The minimum Gasteiger partial charge on any atom is -0.493 e. The van der Waals surface area contributed by atoms with Crippen molar-refractivity contribution in [2.24, 2.45) is 0 Å². The number of halogens is 1. The first-order chi connectivity index (χ1) is 13.2. The van der Waals surface area contributed by atoms with Crippen LogP contribution >= 0.6 is 0 Å². The van der Waals surface area contributed by atoms with Gasteiger partial charge in [0.25, 0.3) is 0 Å². The van der Waals surface area contributed by atoms with Gasteiger partial charge in [-0.05, 0) is 50.2 Å². The number of para-hydroxylation sites is 2. The first kappa shape index (κ1) is 17.8. The zero-order chi connectivity index (χ0) is 18.6. The minimum absolute atomic E-state index is 0.296. The highest BCUT2D eigenvalue weighted by Gasteiger charge is 2.25. The molecule has 142 valence electrons. The van der Waals surface area contributed by atoms with Crippen LogP contribution in [-0.2, 0) is 0 Å². The van der Waals surface area contributed by atoms with Crippen LogP contribution in [0.2, 0.25) is 0 Å². The van der Waals surface area contributed by atoms with E-state index in [1.165, 1.54) is 12.1 Å². The van der Waals surface area contributed by atoms with Crippen molar-refractivity contribution in [1.29, 1.82) is 0 Å². The molecule has 1 aromatic heterocycles. The lowest BCUT2D eigenvalue weighted by Crippen LogP contribution is -2.36. The molecule has 0 spiro atoms. The average Bonchev–Trinajstić information content (AvgIpc) is 3.12. The molecular formula is C21H23FN2O3. The van der Waals surface area contributed by atoms with Crippen molar-refractivity contribution >= 4 is 11.0 Å². The zero-order valence-electron chi connectivity index (χ0n) is 15.4. The quantitative estimate of drug-likeness (QED) is 0.650. The van der Waals surface area contributed by atoms with E-state index < -0.39 is 0 Å². The zero-order valence-corrected chi connectivity index (χ0v) is 15.4. The third kappa shape index (κ3) is 3.90. The van der Waals surface area contributed by atoms with Crippen LogP contribution < -0.4 is 9.47 Å². The number of nitrogens with zero attached hydrogens (tertiary/aromatic N) is 2. The van der Waals surface area contributed by atoms with Gasteiger partial charge < -0.3 is 14.0 Å². The molecule has 4 rings (SSSR count). The summed E-state index contributed by atoms with van der Waals surface area (Å²) < 4.78 is 29.8. The fourth-order valence-corrected chi connectivity index (χ4v) is 3.68. The fraction of sp³-hybridized carbons (Fsp3) is 0.381. The largest absolute Gasteiger partial charge is 0.493 e. The Labute approximate surface area is 157 Å². The summed E-state index contributed by atoms with van der Waals surface area (Å²) in [5, 5.41) is 5.13. The molecule has 0 atom stereocenters. The highest BCUT2D eigenvalue weighted by atomic mass is 19.1. The lowest BCUT2D eigenvalue weighted by molar-refractivity contribution is 0.169. The van der Waals surface area contributed by atoms with E-state index in [-0.39, 0.29) is 5.82 Å². The molecule has 0 aliphatic carbocycles. The lowest BCUT2D eigenvalue weighted by Gasteiger charge is -2.31. The predicted molar refractivity (Wildman–Crippen MR) is 101 cm³/mol. The van der Waals surface area contributed by atoms with Gasteiger partial charge in [-0.2, -0.15) is 0 Å². The predicted octanol–water partition coefficient (Wildman–Crippen LogP) is 4.23. The Kier molecular flexibility index (Phi) is 5.25. The van der Waals surface area contributed by atoms with Gasteiger partial charge in [-0.3, -0.25) is 4.90 Å². The Balaban J connectivity index is 1.30. The maximum absolute atomic E-state index is 13.3. The SMILES string of the molecule is COc1ccccc1OCCN1CCC(c2noc3cc(F)ccc23)CC1. The number of methoxy groups -OCH3 is 1. The molecule has 1 saturated heterocycles. The Morgan fingerprint density at radius 2 is 1.93 bits per heavy atom. The van der Waals surface area contributed by atoms with Crippen molar-refractivity contribution in [2.45, 2.75) is 18.8 Å². The number of rotatable bonds is 6. The molecular weight excluding hydrogens is 347 g/mol. The summed E-state index contributed by atoms with van der Waals surface area (Å²) in [6.45, 7) is 3.46. The van der Waals surface area contributed by atoms with Gasteiger partial charge in [0.15, 0.2) is 17.1 Å². The van der Waals surface area contributed by atoms with E-state index in [1.807, 2.05) is 24.3 Å². The molecule has 1 aliphatic heterocycles. The number of ether oxygens (including phenoxy) is 2. The molecule has 0 amide bonds. The minimum atomic E-state index is -0.296. The average molecular weight is 370 g/mol. The second-order valence-corrected chi connectivity index (χ2v) is 6.82. The van der Waals surface area contributed by atoms with E-state index in [0.29, 0.717) is 18.1 Å². The molecule has 27 heavy (non-hydrogen) atoms. The maximum Gasteiger partial charge on any atom is 0.170 e. The highest BCUT2D eigenvalue weighted by Crippen LogP contribution is 2.32. The summed E-state index contributed by atoms with van der Waals surface area (Å²) in [5.41, 5.74) is 1.48. The van der Waals surface area contributed by atoms with Crippen LogP contribution in [0, 0.1) is 5.82 Å². The molecule has 0 radical (unpaired) electrons. The van der Waals surface area contributed by atoms with Gasteiger partial charge >= 0.3 is 0 Å². The van der Waals surface area contributed by atoms with Gasteiger partial charge in [-0.25, -0.2) is 4.39 Å². The smallest absolute Gasteiger partial charge is 0.170 e. The van der Waals surface area contributed by atoms with Gasteiger partial charge in [0.1, 0.15) is 12.4 Å². The van der Waals surface area contributed by atoms with Gasteiger partial charge in [0.05, 0.1) is 12.8 Å². The van der Waals surface area contributed by atoms with Crippen molar-refractivity contribution in [3.8, 4) is 11.5 Å². The number of aromatic nitrogens is 1. The van der Waals surface area contributed by atoms with Gasteiger partial charge in [0.2, 0.25) is 0 Å². The molecule has 1 fully saturated rings. The van der Waals surface area contributed by atoms with E-state index in [0.717, 1.165) is 55.1 Å². The molecule has 0 saturated carbocycles. The van der Waals surface area contributed by atoms with Crippen molar-refractivity contribution < 1.29 is 18.4 Å². The molecule has 3 aromatic rings. The molecule has 0 N–H and O–H groups in total. The number of hydrogen-bond donors (Lipinski definition) is 0. The Bertz CT molecular complexity index is 903. The van der Waals surface area contributed by atoms with Gasteiger partial charge in [-0.1, -0.05) is 17.3 Å². The second-order valence-electron chi connectivity index (χ2n) is 6.82. The summed E-state index contributed by atoms with van der Waals surface area (Å²) in [5.74, 6) is 1.58. The number of piperidine rings is 1. The normalized spacial score (nSPS) is 15.9. The number of hydrogen-bond acceptors (Lipinski definition) is 5. The molecule has 2 aromatic carbocycles. The highest BCUT2D eigenvalue weighted by molar-refractivity contribution is 5.79. The van der Waals surface area contributed by atoms with E-state index in [1.54, 1.807) is 13.2 Å². The molecule has 1 aliphatic rings. The molecule has 0 unspecified atom stereocenters. The van der Waals surface area contributed by atoms with E-state index in [9.17, 15) is 4.39 Å². The maximum atomic E-state index is 13.3. The Morgan fingerprint density at radius 3 is 2.70 bits per heavy atom. The number of fused-ring (bicyclic) bond motifs is 1. The topological polar surface area (TPSA) is 47.7 Å². The van der Waals surface area contributed by atoms with Crippen molar-refractivity contribution in [3.05, 3.63) is 54.0 Å². The molecule has 6 heteroatoms. The molecule has 2 heterocycles. The van der Waals surface area contributed by atoms with Crippen molar-refractivity contribution in [1.82, 2.24) is 10.1 Å². The van der Waals surface area contributed by atoms with Crippen LogP contribution in [0.5, 0.6) is 11.5 Å². The molecule has 5 nitrogen and oxygen atoms in total. The number of benzene rings is 2. The summed E-state index contributed by atoms with van der Waals surface area (Å²) in [6.07, 6.45) is 2.02. The van der Waals surface area contributed by atoms with Crippen LogP contribution in [0.15, 0.2) is 47.0 Å². The van der Waals surface area contributed by atoms with Crippen molar-refractivity contribution in [2.75, 3.05) is 33.4 Å². The van der Waals surface area contributed by atoms with Crippen LogP contribution in [0.4, 0.5) is 4.39 Å². The van der Waals surface area contributed by atoms with E-state index in [4.69, 9.17) is 14.0 Å². The van der Waals surface area contributed by atoms with E-state index in [2.05, 4.69) is 10.1 Å². The van der Waals surface area contributed by atoms with Gasteiger partial charge in [-0.15, -0.1) is 0 Å². The summed E-state index contributed by atoms with van der Waals surface area (Å²) in [7, 11) is 1.65. The van der Waals surface area contributed by atoms with Gasteiger partial charge in [0, 0.05) is 23.9 Å². The molecule has 0 bridgehead atoms. The summed E-state index contributed by atoms with van der Waals surface area (Å²) in [6, 6.07) is 12.3. The monoisotopic (exact) mass is 370 g/mol. The summed E-state index contributed by atoms with van der Waals surface area (Å²) >= 11 is 0. The third-order valence-electron chi connectivity index (χ3n) is 5.17. The first-order valence-corrected chi connectivity index (χ1v) is 9.27. The number of likely N-dealkylation sites (tertiary alicyclic amines) is 1. The first-order valence-electron chi connectivity index (χ1n) is 9.27. The summed E-state index contributed by atoms with van der Waals surface area (Å²) in [4.78, 5) is 2.40. The van der Waals surface area contributed by atoms with Crippen LogP contribution in [-0.4, -0.2) is 43.4 Å². The van der Waals surface area contributed by atoms with Crippen LogP contribution in [0.3, 0.4) is 0 Å². The van der Waals surface area contributed by atoms with Crippen molar-refractivity contribution in [3.63, 3.8) is 0 Å².